The first-order valence-electron chi connectivity index (χ1n) is 0.868. The Morgan fingerprint density at radius 1 is 1.38 bits per heavy atom. The summed E-state index contributed by atoms with van der Waals surface area (Å²) in [7, 11) is -3.83. The molecule has 0 bridgehead atoms. The van der Waals surface area contributed by atoms with E-state index in [4.69, 9.17) is 18.0 Å². The maximum Gasteiger partial charge on any atom is 0.263 e. The van der Waals surface area contributed by atoms with Crippen molar-refractivity contribution in [2.45, 2.75) is 0 Å². The van der Waals surface area contributed by atoms with Crippen molar-refractivity contribution in [1.29, 1.82) is 0 Å². The molecule has 52 valence electrons. The second kappa shape index (κ2) is 8.07. The van der Waals surface area contributed by atoms with Crippen LogP contribution in [0.1, 0.15) is 0 Å². The van der Waals surface area contributed by atoms with Crippen molar-refractivity contribution in [3.05, 3.63) is 0 Å². The Hall–Kier alpha value is 1.07. The fraction of sp³-hybridized carbons (Fsp3) is 0. The van der Waals surface area contributed by atoms with Crippen molar-refractivity contribution in [3.63, 3.8) is 0 Å². The highest BCUT2D eigenvalue weighted by Crippen LogP contribution is 1.62. The third-order valence-electron chi connectivity index (χ3n) is 0. The van der Waals surface area contributed by atoms with E-state index in [0.29, 0.717) is 0 Å². The molecular weight excluding hydrogens is 191 g/mol. The maximum absolute atomic E-state index is 9.11. The molecule has 0 aliphatic carbocycles. The van der Waals surface area contributed by atoms with Gasteiger partial charge in [-0.1, -0.05) is 0 Å². The average molecular weight is 197 g/mol. The van der Waals surface area contributed by atoms with E-state index in [1.807, 2.05) is 0 Å². The molecule has 8 heavy (non-hydrogen) atoms. The Morgan fingerprint density at radius 2 is 1.38 bits per heavy atom. The zero-order valence-corrected chi connectivity index (χ0v) is 5.33. The molecule has 0 aromatic heterocycles. The van der Waals surface area contributed by atoms with Crippen molar-refractivity contribution < 1.29 is 18.0 Å². The molecule has 0 spiro atoms. The average Bonchev–Trinajstić information content (AvgIpc) is 1.36. The topological polar surface area (TPSA) is 77.8 Å². The first-order chi connectivity index (χ1) is 3.00. The SMILES string of the molecule is O=S(O)(O)=S.OCl.[AlH3]. The molecule has 4 nitrogen and oxygen atoms in total. The normalized spacial score (nSPS) is 8.00. The molecule has 0 atom stereocenters. The second-order valence-corrected chi connectivity index (χ2v) is 2.65. The minimum absolute atomic E-state index is 0. The minimum atomic E-state index is -3.83. The van der Waals surface area contributed by atoms with Crippen molar-refractivity contribution in [3.8, 4) is 0 Å². The molecule has 0 unspecified atom stereocenters. The standard InChI is InChI=1S/Al.ClHO.H2O3S2.3H/c;1-2;1-5(2,3)4;;;/h;2H;(H2,1,2,3,4);;;. The zero-order valence-electron chi connectivity index (χ0n) is 2.94. The van der Waals surface area contributed by atoms with Gasteiger partial charge < -0.3 is 0 Å². The van der Waals surface area contributed by atoms with E-state index in [1.165, 1.54) is 0 Å². The summed E-state index contributed by atoms with van der Waals surface area (Å²) in [5, 5.41) is 0. The fourth-order valence-corrected chi connectivity index (χ4v) is 0. The van der Waals surface area contributed by atoms with Gasteiger partial charge in [0.25, 0.3) is 9.05 Å². The lowest BCUT2D eigenvalue weighted by molar-refractivity contribution is 0.450. The monoisotopic (exact) mass is 196 g/mol. The van der Waals surface area contributed by atoms with E-state index in [0.717, 1.165) is 0 Å². The van der Waals surface area contributed by atoms with Crippen molar-refractivity contribution in [2.75, 3.05) is 0 Å². The highest BCUT2D eigenvalue weighted by atomic mass is 35.5. The van der Waals surface area contributed by atoms with Crippen LogP contribution in [0.2, 0.25) is 0 Å². The molecule has 0 fully saturated rings. The lowest BCUT2D eigenvalue weighted by Gasteiger charge is -1.73. The van der Waals surface area contributed by atoms with Gasteiger partial charge in [0.15, 0.2) is 17.4 Å². The Balaban J connectivity index is -0.0000000750. The van der Waals surface area contributed by atoms with Crippen LogP contribution in [0.15, 0.2) is 0 Å². The van der Waals surface area contributed by atoms with Crippen molar-refractivity contribution in [2.24, 2.45) is 0 Å². The van der Waals surface area contributed by atoms with Crippen LogP contribution >= 0.6 is 11.9 Å². The molecule has 0 rings (SSSR count). The molecule has 0 saturated heterocycles. The number of hydrogen-bond acceptors (Lipinski definition) is 3. The summed E-state index contributed by atoms with van der Waals surface area (Å²) in [5.41, 5.74) is 0. The molecule has 0 amide bonds. The van der Waals surface area contributed by atoms with E-state index in [-0.39, 0.29) is 17.4 Å². The lowest BCUT2D eigenvalue weighted by Crippen LogP contribution is -1.86. The van der Waals surface area contributed by atoms with Gasteiger partial charge >= 0.3 is 0 Å². The third kappa shape index (κ3) is 227. The third-order valence-corrected chi connectivity index (χ3v) is 0. The van der Waals surface area contributed by atoms with Crippen LogP contribution in [0.25, 0.3) is 0 Å². The largest absolute Gasteiger partial charge is 0.295 e. The summed E-state index contributed by atoms with van der Waals surface area (Å²) in [6.07, 6.45) is 0. The molecule has 0 saturated carbocycles. The lowest BCUT2D eigenvalue weighted by atomic mass is 15.8. The Morgan fingerprint density at radius 3 is 1.38 bits per heavy atom. The maximum atomic E-state index is 9.11. The van der Waals surface area contributed by atoms with Gasteiger partial charge in [-0.25, -0.2) is 0 Å². The summed E-state index contributed by atoms with van der Waals surface area (Å²) in [4.78, 5) is 0. The second-order valence-electron chi connectivity index (χ2n) is 0.448. The van der Waals surface area contributed by atoms with Crippen LogP contribution in [0.5, 0.6) is 0 Å². The van der Waals surface area contributed by atoms with Gasteiger partial charge in [-0.3, -0.25) is 13.8 Å². The Kier molecular flexibility index (Phi) is 16.2. The highest BCUT2D eigenvalue weighted by Gasteiger charge is 1.78. The van der Waals surface area contributed by atoms with Gasteiger partial charge in [0.05, 0.1) is 11.9 Å². The predicted octanol–water partition coefficient (Wildman–Crippen LogP) is -1.37. The van der Waals surface area contributed by atoms with E-state index in [1.54, 1.807) is 0 Å². The molecular formula is H6AlClO4S2. The van der Waals surface area contributed by atoms with Crippen LogP contribution < -0.4 is 0 Å². The highest BCUT2D eigenvalue weighted by molar-refractivity contribution is 8.26. The summed E-state index contributed by atoms with van der Waals surface area (Å²) >= 11 is 7.10. The van der Waals surface area contributed by atoms with Crippen LogP contribution in [-0.4, -0.2) is 35.3 Å². The number of halogens is 1. The number of hydrogen-bond donors (Lipinski definition) is 3. The van der Waals surface area contributed by atoms with E-state index in [9.17, 15) is 0 Å². The first kappa shape index (κ1) is 16.0. The quantitative estimate of drug-likeness (QED) is 0.417. The van der Waals surface area contributed by atoms with Crippen molar-refractivity contribution >= 4 is 49.5 Å². The van der Waals surface area contributed by atoms with Crippen molar-refractivity contribution in [1.82, 2.24) is 0 Å². The molecule has 3 N–H and O–H groups in total. The molecule has 0 heterocycles. The summed E-state index contributed by atoms with van der Waals surface area (Å²) < 4.78 is 30.4. The molecule has 0 aliphatic heterocycles. The summed E-state index contributed by atoms with van der Waals surface area (Å²) in [6, 6.07) is 0. The fourth-order valence-electron chi connectivity index (χ4n) is 0. The molecule has 0 radical (unpaired) electrons. The van der Waals surface area contributed by atoms with Gasteiger partial charge in [-0.2, -0.15) is 4.21 Å². The van der Waals surface area contributed by atoms with E-state index in [2.05, 4.69) is 23.1 Å². The van der Waals surface area contributed by atoms with Crippen LogP contribution in [0.3, 0.4) is 0 Å². The first-order valence-corrected chi connectivity index (χ1v) is 3.60. The predicted molar refractivity (Wildman–Crippen MR) is 38.8 cm³/mol. The molecule has 0 aromatic rings. The van der Waals surface area contributed by atoms with Crippen LogP contribution in [0.4, 0.5) is 0 Å². The number of rotatable bonds is 0. The molecule has 0 aromatic carbocycles. The van der Waals surface area contributed by atoms with Crippen LogP contribution in [0, 0.1) is 0 Å². The molecule has 8 heteroatoms. The van der Waals surface area contributed by atoms with Gasteiger partial charge in [-0.05, 0) is 0 Å². The van der Waals surface area contributed by atoms with Gasteiger partial charge in [-0.15, -0.1) is 0 Å². The Labute approximate surface area is 67.5 Å². The molecule has 0 aliphatic rings. The van der Waals surface area contributed by atoms with E-state index >= 15 is 0 Å². The van der Waals surface area contributed by atoms with Crippen LogP contribution in [-0.2, 0) is 20.2 Å². The Bertz CT molecular complexity index is 97.2. The minimum Gasteiger partial charge on any atom is -0.295 e. The zero-order chi connectivity index (χ0) is 6.50. The summed E-state index contributed by atoms with van der Waals surface area (Å²) in [6.45, 7) is 0. The van der Waals surface area contributed by atoms with Gasteiger partial charge in [0, 0.05) is 11.2 Å². The smallest absolute Gasteiger partial charge is 0.263 e. The summed E-state index contributed by atoms with van der Waals surface area (Å²) in [5.74, 6) is 0. The van der Waals surface area contributed by atoms with E-state index < -0.39 is 9.05 Å². The van der Waals surface area contributed by atoms with Gasteiger partial charge in [0.2, 0.25) is 0 Å². The van der Waals surface area contributed by atoms with Gasteiger partial charge in [0.1, 0.15) is 0 Å².